The van der Waals surface area contributed by atoms with E-state index in [2.05, 4.69) is 4.98 Å². The molecule has 1 aromatic heterocycles. The Bertz CT molecular complexity index is 629. The summed E-state index contributed by atoms with van der Waals surface area (Å²) in [6, 6.07) is 4.08. The van der Waals surface area contributed by atoms with Gasteiger partial charge in [-0.05, 0) is 30.7 Å². The number of carbonyl (C=O) groups is 1. The largest absolute Gasteiger partial charge is 0.298 e. The average Bonchev–Trinajstić information content (AvgIpc) is 2.35. The molecule has 0 saturated heterocycles. The number of nitrogens with zero attached hydrogens (tertiary/aromatic N) is 1. The number of hydrogen-bond donors (Lipinski definition) is 0. The highest BCUT2D eigenvalue weighted by atomic mass is 35.5. The van der Waals surface area contributed by atoms with Gasteiger partial charge in [-0.25, -0.2) is 8.78 Å². The molecule has 0 saturated carbocycles. The number of aryl methyl sites for hydroxylation is 1. The standard InChI is InChI=1S/C13H8ClF2NO/c1-7-4-8(6-18)11(15)9(5-7)13-12(16)10(14)2-3-17-13/h2-6H,1H3. The van der Waals surface area contributed by atoms with Crippen molar-refractivity contribution in [2.45, 2.75) is 6.92 Å². The lowest BCUT2D eigenvalue weighted by Gasteiger charge is -2.08. The van der Waals surface area contributed by atoms with Gasteiger partial charge in [-0.3, -0.25) is 9.78 Å². The minimum Gasteiger partial charge on any atom is -0.298 e. The van der Waals surface area contributed by atoms with E-state index in [9.17, 15) is 13.6 Å². The van der Waals surface area contributed by atoms with E-state index in [-0.39, 0.29) is 21.8 Å². The van der Waals surface area contributed by atoms with Crippen LogP contribution in [0.15, 0.2) is 24.4 Å². The zero-order chi connectivity index (χ0) is 13.3. The number of carbonyl (C=O) groups excluding carboxylic acids is 1. The summed E-state index contributed by atoms with van der Waals surface area (Å²) in [6.07, 6.45) is 1.66. The van der Waals surface area contributed by atoms with Crippen LogP contribution in [0, 0.1) is 18.6 Å². The molecule has 0 amide bonds. The fourth-order valence-corrected chi connectivity index (χ4v) is 1.81. The van der Waals surface area contributed by atoms with Crippen molar-refractivity contribution in [1.29, 1.82) is 0 Å². The van der Waals surface area contributed by atoms with Gasteiger partial charge in [-0.15, -0.1) is 0 Å². The summed E-state index contributed by atoms with van der Waals surface area (Å²) in [6.45, 7) is 1.68. The molecule has 0 unspecified atom stereocenters. The van der Waals surface area contributed by atoms with Crippen LogP contribution in [0.2, 0.25) is 5.02 Å². The number of hydrogen-bond acceptors (Lipinski definition) is 2. The first-order valence-corrected chi connectivity index (χ1v) is 5.48. The average molecular weight is 268 g/mol. The lowest BCUT2D eigenvalue weighted by molar-refractivity contribution is 0.112. The van der Waals surface area contributed by atoms with Crippen molar-refractivity contribution in [1.82, 2.24) is 4.98 Å². The minimum absolute atomic E-state index is 0.0721. The molecule has 0 fully saturated rings. The first-order chi connectivity index (χ1) is 8.54. The van der Waals surface area contributed by atoms with Gasteiger partial charge in [-0.1, -0.05) is 11.6 Å². The third-order valence-electron chi connectivity index (χ3n) is 2.47. The van der Waals surface area contributed by atoms with Gasteiger partial charge < -0.3 is 0 Å². The maximum atomic E-state index is 14.0. The van der Waals surface area contributed by atoms with Crippen LogP contribution in [0.1, 0.15) is 15.9 Å². The molecule has 2 nitrogen and oxygen atoms in total. The van der Waals surface area contributed by atoms with Gasteiger partial charge in [0, 0.05) is 11.8 Å². The highest BCUT2D eigenvalue weighted by Crippen LogP contribution is 2.29. The molecule has 1 aromatic carbocycles. The third kappa shape index (κ3) is 2.11. The number of halogens is 3. The van der Waals surface area contributed by atoms with Crippen LogP contribution in [-0.2, 0) is 0 Å². The second-order valence-corrected chi connectivity index (χ2v) is 4.20. The third-order valence-corrected chi connectivity index (χ3v) is 2.76. The molecular formula is C13H8ClF2NO. The van der Waals surface area contributed by atoms with Gasteiger partial charge in [0.05, 0.1) is 10.6 Å². The van der Waals surface area contributed by atoms with Crippen molar-refractivity contribution in [2.24, 2.45) is 0 Å². The SMILES string of the molecule is Cc1cc(C=O)c(F)c(-c2nccc(Cl)c2F)c1. The van der Waals surface area contributed by atoms with E-state index in [1.54, 1.807) is 6.92 Å². The second kappa shape index (κ2) is 4.82. The summed E-state index contributed by atoms with van der Waals surface area (Å²) < 4.78 is 27.8. The van der Waals surface area contributed by atoms with Gasteiger partial charge in [0.25, 0.3) is 0 Å². The highest BCUT2D eigenvalue weighted by Gasteiger charge is 2.17. The molecule has 0 N–H and O–H groups in total. The van der Waals surface area contributed by atoms with E-state index in [1.807, 2.05) is 0 Å². The van der Waals surface area contributed by atoms with Gasteiger partial charge in [0.1, 0.15) is 11.5 Å². The monoisotopic (exact) mass is 267 g/mol. The van der Waals surface area contributed by atoms with Gasteiger partial charge >= 0.3 is 0 Å². The number of benzene rings is 1. The predicted molar refractivity (Wildman–Crippen MR) is 64.7 cm³/mol. The summed E-state index contributed by atoms with van der Waals surface area (Å²) in [5.74, 6) is -1.61. The van der Waals surface area contributed by atoms with Crippen LogP contribution >= 0.6 is 11.6 Å². The molecule has 5 heteroatoms. The molecule has 1 heterocycles. The summed E-state index contributed by atoms with van der Waals surface area (Å²) in [7, 11) is 0. The Morgan fingerprint density at radius 1 is 1.28 bits per heavy atom. The molecule has 0 aliphatic heterocycles. The quantitative estimate of drug-likeness (QED) is 0.775. The maximum absolute atomic E-state index is 14.0. The van der Waals surface area contributed by atoms with E-state index >= 15 is 0 Å². The Kier molecular flexibility index (Phi) is 3.39. The number of rotatable bonds is 2. The highest BCUT2D eigenvalue weighted by molar-refractivity contribution is 6.31. The Labute approximate surface area is 107 Å². The summed E-state index contributed by atoms with van der Waals surface area (Å²) in [5, 5.41) is -0.145. The van der Waals surface area contributed by atoms with Crippen molar-refractivity contribution >= 4 is 17.9 Å². The van der Waals surface area contributed by atoms with E-state index in [0.29, 0.717) is 11.8 Å². The Hall–Kier alpha value is -1.81. The van der Waals surface area contributed by atoms with Crippen LogP contribution in [0.3, 0.4) is 0 Å². The molecule has 0 radical (unpaired) electrons. The first kappa shape index (κ1) is 12.6. The van der Waals surface area contributed by atoms with Crippen molar-refractivity contribution in [3.8, 4) is 11.3 Å². The number of pyridine rings is 1. The molecule has 18 heavy (non-hydrogen) atoms. The normalized spacial score (nSPS) is 10.4. The second-order valence-electron chi connectivity index (χ2n) is 3.79. The lowest BCUT2D eigenvalue weighted by atomic mass is 10.0. The Balaban J connectivity index is 2.75. The number of aldehydes is 1. The van der Waals surface area contributed by atoms with E-state index < -0.39 is 11.6 Å². The fraction of sp³-hybridized carbons (Fsp3) is 0.0769. The molecule has 2 aromatic rings. The smallest absolute Gasteiger partial charge is 0.168 e. The van der Waals surface area contributed by atoms with Gasteiger partial charge in [0.2, 0.25) is 0 Å². The van der Waals surface area contributed by atoms with Crippen LogP contribution < -0.4 is 0 Å². The lowest BCUT2D eigenvalue weighted by Crippen LogP contribution is -1.98. The zero-order valence-electron chi connectivity index (χ0n) is 9.38. The summed E-state index contributed by atoms with van der Waals surface area (Å²) in [4.78, 5) is 14.5. The Morgan fingerprint density at radius 2 is 2.00 bits per heavy atom. The van der Waals surface area contributed by atoms with Crippen LogP contribution in [0.25, 0.3) is 11.3 Å². The van der Waals surface area contributed by atoms with E-state index in [0.717, 1.165) is 0 Å². The minimum atomic E-state index is -0.805. The topological polar surface area (TPSA) is 30.0 Å². The van der Waals surface area contributed by atoms with Crippen LogP contribution in [0.4, 0.5) is 8.78 Å². The predicted octanol–water partition coefficient (Wildman–Crippen LogP) is 3.80. The molecule has 92 valence electrons. The van der Waals surface area contributed by atoms with Gasteiger partial charge in [-0.2, -0.15) is 0 Å². The molecule has 0 atom stereocenters. The molecule has 2 rings (SSSR count). The van der Waals surface area contributed by atoms with E-state index in [4.69, 9.17) is 11.6 Å². The summed E-state index contributed by atoms with van der Waals surface area (Å²) in [5.41, 5.74) is 0.227. The van der Waals surface area contributed by atoms with Crippen molar-refractivity contribution in [3.63, 3.8) is 0 Å². The zero-order valence-corrected chi connectivity index (χ0v) is 10.1. The Morgan fingerprint density at radius 3 is 2.67 bits per heavy atom. The molecule has 0 spiro atoms. The number of aromatic nitrogens is 1. The van der Waals surface area contributed by atoms with Crippen LogP contribution in [0.5, 0.6) is 0 Å². The first-order valence-electron chi connectivity index (χ1n) is 5.10. The van der Waals surface area contributed by atoms with Gasteiger partial charge in [0.15, 0.2) is 12.1 Å². The molecular weight excluding hydrogens is 260 g/mol. The van der Waals surface area contributed by atoms with Crippen LogP contribution in [-0.4, -0.2) is 11.3 Å². The molecule has 0 bridgehead atoms. The fourth-order valence-electron chi connectivity index (χ4n) is 1.66. The summed E-state index contributed by atoms with van der Waals surface area (Å²) >= 11 is 5.62. The van der Waals surface area contributed by atoms with E-state index in [1.165, 1.54) is 24.4 Å². The molecule has 0 aliphatic carbocycles. The van der Waals surface area contributed by atoms with Crippen molar-refractivity contribution in [3.05, 3.63) is 52.2 Å². The van der Waals surface area contributed by atoms with Crippen molar-refractivity contribution < 1.29 is 13.6 Å². The molecule has 0 aliphatic rings. The maximum Gasteiger partial charge on any atom is 0.168 e. The van der Waals surface area contributed by atoms with Crippen molar-refractivity contribution in [2.75, 3.05) is 0 Å².